The minimum atomic E-state index is -1.68. The monoisotopic (exact) mass is 527 g/mol. The Morgan fingerprint density at radius 1 is 1.05 bits per heavy atom. The van der Waals surface area contributed by atoms with Gasteiger partial charge in [-0.15, -0.1) is 0 Å². The van der Waals surface area contributed by atoms with E-state index in [2.05, 4.69) is 4.74 Å². The summed E-state index contributed by atoms with van der Waals surface area (Å²) in [7, 11) is 0. The topological polar surface area (TPSA) is 101 Å². The molecule has 0 radical (unpaired) electrons. The number of benzene rings is 2. The molecule has 38 heavy (non-hydrogen) atoms. The molecule has 1 saturated heterocycles. The maximum atomic E-state index is 15.8. The summed E-state index contributed by atoms with van der Waals surface area (Å²) in [5.74, 6) is -2.56. The molecule has 1 aliphatic heterocycles. The van der Waals surface area contributed by atoms with Gasteiger partial charge in [-0.2, -0.15) is 0 Å². The molecule has 0 amide bonds. The van der Waals surface area contributed by atoms with Gasteiger partial charge in [0.25, 0.3) is 0 Å². The smallest absolute Gasteiger partial charge is 0.461 e. The van der Waals surface area contributed by atoms with Crippen LogP contribution in [0.15, 0.2) is 47.4 Å². The predicted octanol–water partition coefficient (Wildman–Crippen LogP) is 3.93. The molecule has 0 spiro atoms. The van der Waals surface area contributed by atoms with Gasteiger partial charge >= 0.3 is 12.1 Å². The van der Waals surface area contributed by atoms with Crippen LogP contribution in [0, 0.1) is 11.6 Å². The standard InChI is InChI=1S/C27H27F2N3O6/c28-20-14-19-24(32(18-6-7-18)15-21(26(19)34)38-27(35)36)23(29)25(20)31-12-10-30(11-13-31)9-8-22(33)37-16-17-4-2-1-3-5-17/h1-5,14-15,18H,6-13,16H2,(H,35,36). The summed E-state index contributed by atoms with van der Waals surface area (Å²) < 4.78 is 42.4. The molecule has 3 aromatic rings. The van der Waals surface area contributed by atoms with Gasteiger partial charge in [-0.1, -0.05) is 30.3 Å². The normalized spacial score (nSPS) is 16.0. The Morgan fingerprint density at radius 2 is 1.76 bits per heavy atom. The number of fused-ring (bicyclic) bond motifs is 1. The zero-order valence-corrected chi connectivity index (χ0v) is 20.6. The van der Waals surface area contributed by atoms with Gasteiger partial charge in [0.2, 0.25) is 5.43 Å². The minimum Gasteiger partial charge on any atom is -0.461 e. The van der Waals surface area contributed by atoms with Crippen molar-refractivity contribution in [2.75, 3.05) is 37.6 Å². The molecule has 11 heteroatoms. The maximum absolute atomic E-state index is 15.8. The number of carbonyl (C=O) groups is 2. The molecule has 2 fully saturated rings. The number of carbonyl (C=O) groups excluding carboxylic acids is 1. The first-order valence-electron chi connectivity index (χ1n) is 12.5. The fourth-order valence-corrected chi connectivity index (χ4v) is 4.76. The zero-order valence-electron chi connectivity index (χ0n) is 20.6. The number of ether oxygens (including phenoxy) is 2. The van der Waals surface area contributed by atoms with E-state index in [0.29, 0.717) is 32.7 Å². The Hall–Kier alpha value is -3.99. The molecule has 2 aliphatic rings. The summed E-state index contributed by atoms with van der Waals surface area (Å²) in [5, 5.41) is 8.68. The maximum Gasteiger partial charge on any atom is 0.511 e. The van der Waals surface area contributed by atoms with Crippen molar-refractivity contribution < 1.29 is 33.0 Å². The lowest BCUT2D eigenvalue weighted by atomic mass is 10.1. The summed E-state index contributed by atoms with van der Waals surface area (Å²) in [6.07, 6.45) is 1.17. The lowest BCUT2D eigenvalue weighted by molar-refractivity contribution is -0.145. The average molecular weight is 528 g/mol. The number of hydrogen-bond donors (Lipinski definition) is 1. The Balaban J connectivity index is 1.27. The Labute approximate surface area is 216 Å². The van der Waals surface area contributed by atoms with Crippen LogP contribution in [0.2, 0.25) is 0 Å². The van der Waals surface area contributed by atoms with E-state index in [-0.39, 0.29) is 41.6 Å². The molecule has 0 atom stereocenters. The van der Waals surface area contributed by atoms with Crippen LogP contribution in [-0.2, 0) is 16.1 Å². The van der Waals surface area contributed by atoms with Crippen LogP contribution >= 0.6 is 0 Å². The third-order valence-corrected chi connectivity index (χ3v) is 6.85. The molecule has 200 valence electrons. The largest absolute Gasteiger partial charge is 0.511 e. The van der Waals surface area contributed by atoms with Crippen molar-refractivity contribution in [1.82, 2.24) is 9.47 Å². The van der Waals surface area contributed by atoms with Crippen LogP contribution in [0.25, 0.3) is 10.9 Å². The number of anilines is 1. The molecule has 0 bridgehead atoms. The number of esters is 1. The van der Waals surface area contributed by atoms with Gasteiger partial charge in [-0.05, 0) is 24.5 Å². The number of piperazine rings is 1. The number of nitrogens with zero attached hydrogens (tertiary/aromatic N) is 3. The van der Waals surface area contributed by atoms with E-state index < -0.39 is 29.0 Å². The molecule has 2 aromatic carbocycles. The van der Waals surface area contributed by atoms with Crippen LogP contribution in [-0.4, -0.2) is 59.4 Å². The first kappa shape index (κ1) is 25.7. The average Bonchev–Trinajstić information content (AvgIpc) is 3.75. The van der Waals surface area contributed by atoms with Gasteiger partial charge in [-0.25, -0.2) is 13.6 Å². The third-order valence-electron chi connectivity index (χ3n) is 6.85. The van der Waals surface area contributed by atoms with Crippen LogP contribution in [0.1, 0.15) is 30.9 Å². The van der Waals surface area contributed by atoms with E-state index in [1.165, 1.54) is 10.8 Å². The Morgan fingerprint density at radius 3 is 2.42 bits per heavy atom. The summed E-state index contributed by atoms with van der Waals surface area (Å²) >= 11 is 0. The third kappa shape index (κ3) is 5.47. The molecule has 2 heterocycles. The Bertz CT molecular complexity index is 1420. The predicted molar refractivity (Wildman–Crippen MR) is 135 cm³/mol. The van der Waals surface area contributed by atoms with Crippen LogP contribution < -0.4 is 15.1 Å². The number of aromatic nitrogens is 1. The molecule has 1 aromatic heterocycles. The summed E-state index contributed by atoms with van der Waals surface area (Å²) in [6, 6.07) is 10.2. The van der Waals surface area contributed by atoms with Gasteiger partial charge < -0.3 is 24.0 Å². The number of carboxylic acid groups (broad SMARTS) is 1. The number of hydrogen-bond acceptors (Lipinski definition) is 7. The van der Waals surface area contributed by atoms with Crippen LogP contribution in [0.5, 0.6) is 5.75 Å². The lowest BCUT2D eigenvalue weighted by Crippen LogP contribution is -2.47. The van der Waals surface area contributed by atoms with E-state index >= 15 is 8.78 Å². The van der Waals surface area contributed by atoms with Gasteiger partial charge in [-0.3, -0.25) is 14.5 Å². The van der Waals surface area contributed by atoms with Crippen molar-refractivity contribution in [3.8, 4) is 5.75 Å². The number of halogens is 2. The van der Waals surface area contributed by atoms with E-state index in [0.717, 1.165) is 24.5 Å². The molecule has 1 saturated carbocycles. The van der Waals surface area contributed by atoms with Crippen molar-refractivity contribution in [3.05, 3.63) is 70.0 Å². The lowest BCUT2D eigenvalue weighted by Gasteiger charge is -2.36. The van der Waals surface area contributed by atoms with Crippen molar-refractivity contribution in [2.24, 2.45) is 0 Å². The van der Waals surface area contributed by atoms with Gasteiger partial charge in [0.1, 0.15) is 18.1 Å². The molecule has 1 N–H and O–H groups in total. The number of rotatable bonds is 8. The van der Waals surface area contributed by atoms with E-state index in [1.807, 2.05) is 35.2 Å². The quantitative estimate of drug-likeness (QED) is 0.440. The van der Waals surface area contributed by atoms with Gasteiger partial charge in [0.05, 0.1) is 23.5 Å². The first-order chi connectivity index (χ1) is 18.3. The molecule has 1 aliphatic carbocycles. The SMILES string of the molecule is O=C(O)Oc1cn(C2CC2)c2c(F)c(N3CCN(CCC(=O)OCc4ccccc4)CC3)c(F)cc2c1=O. The minimum absolute atomic E-state index is 0.0600. The fraction of sp³-hybridized carbons (Fsp3) is 0.370. The molecule has 0 unspecified atom stereocenters. The summed E-state index contributed by atoms with van der Waals surface area (Å²) in [4.78, 5) is 39.5. The van der Waals surface area contributed by atoms with Crippen molar-refractivity contribution >= 4 is 28.7 Å². The molecular weight excluding hydrogens is 500 g/mol. The van der Waals surface area contributed by atoms with E-state index in [9.17, 15) is 14.4 Å². The van der Waals surface area contributed by atoms with Crippen molar-refractivity contribution in [2.45, 2.75) is 31.9 Å². The molecule has 5 rings (SSSR count). The van der Waals surface area contributed by atoms with E-state index in [4.69, 9.17) is 9.84 Å². The summed E-state index contributed by atoms with van der Waals surface area (Å²) in [5.41, 5.74) is -0.255. The fourth-order valence-electron chi connectivity index (χ4n) is 4.76. The Kier molecular flexibility index (Phi) is 7.28. The zero-order chi connectivity index (χ0) is 26.8. The second-order valence-corrected chi connectivity index (χ2v) is 9.47. The van der Waals surface area contributed by atoms with Crippen molar-refractivity contribution in [3.63, 3.8) is 0 Å². The second-order valence-electron chi connectivity index (χ2n) is 9.47. The van der Waals surface area contributed by atoms with Crippen LogP contribution in [0.4, 0.5) is 19.3 Å². The highest BCUT2D eigenvalue weighted by atomic mass is 19.1. The highest BCUT2D eigenvalue weighted by Crippen LogP contribution is 2.40. The highest BCUT2D eigenvalue weighted by molar-refractivity contribution is 5.86. The summed E-state index contributed by atoms with van der Waals surface area (Å²) in [6.45, 7) is 2.31. The van der Waals surface area contributed by atoms with Crippen LogP contribution in [0.3, 0.4) is 0 Å². The van der Waals surface area contributed by atoms with Crippen molar-refractivity contribution in [1.29, 1.82) is 0 Å². The van der Waals surface area contributed by atoms with Gasteiger partial charge in [0, 0.05) is 38.8 Å². The first-order valence-corrected chi connectivity index (χ1v) is 12.5. The molecular formula is C27H27F2N3O6. The number of pyridine rings is 1. The molecule has 9 nitrogen and oxygen atoms in total. The van der Waals surface area contributed by atoms with Gasteiger partial charge in [0.15, 0.2) is 11.6 Å². The van der Waals surface area contributed by atoms with E-state index in [1.54, 1.807) is 4.90 Å². The highest BCUT2D eigenvalue weighted by Gasteiger charge is 2.31. The second kappa shape index (κ2) is 10.8.